The first-order valence-corrected chi connectivity index (χ1v) is 15.2. The highest BCUT2D eigenvalue weighted by atomic mass is 16.5. The second kappa shape index (κ2) is 8.92. The molecular formula is C43H23NO. The molecule has 2 heteroatoms. The summed E-state index contributed by atoms with van der Waals surface area (Å²) in [5, 5.41) is 21.7. The Balaban J connectivity index is 1.19. The SMILES string of the molecule is N#Cc1ccc2c3c(cccc13)Oc1cc(-c3ccc4ccc5c(-c6cccc7ccccc67)ccc6ccc3c4c65)ccc1-2. The molecule has 0 radical (unpaired) electrons. The van der Waals surface area contributed by atoms with Crippen molar-refractivity contribution in [3.05, 3.63) is 145 Å². The molecule has 0 fully saturated rings. The smallest absolute Gasteiger partial charge is 0.135 e. The van der Waals surface area contributed by atoms with Crippen LogP contribution in [0.1, 0.15) is 5.56 Å². The molecule has 0 saturated heterocycles. The van der Waals surface area contributed by atoms with Gasteiger partial charge in [0.25, 0.3) is 0 Å². The zero-order valence-electron chi connectivity index (χ0n) is 24.1. The van der Waals surface area contributed by atoms with Gasteiger partial charge in [-0.05, 0) is 95.2 Å². The molecule has 9 aromatic rings. The molecule has 0 N–H and O–H groups in total. The molecule has 0 atom stereocenters. The van der Waals surface area contributed by atoms with Crippen molar-refractivity contribution >= 4 is 53.9 Å². The molecule has 0 bridgehead atoms. The molecule has 10 rings (SSSR count). The average molecular weight is 570 g/mol. The fourth-order valence-electron chi connectivity index (χ4n) is 7.64. The number of benzene rings is 9. The molecule has 0 unspecified atom stereocenters. The van der Waals surface area contributed by atoms with Gasteiger partial charge in [-0.15, -0.1) is 0 Å². The summed E-state index contributed by atoms with van der Waals surface area (Å²) >= 11 is 0. The highest BCUT2D eigenvalue weighted by Gasteiger charge is 2.23. The van der Waals surface area contributed by atoms with E-state index in [4.69, 9.17) is 4.74 Å². The fraction of sp³-hybridized carbons (Fsp3) is 0. The number of nitrogens with zero attached hydrogens (tertiary/aromatic N) is 1. The maximum absolute atomic E-state index is 9.68. The zero-order valence-corrected chi connectivity index (χ0v) is 24.1. The van der Waals surface area contributed by atoms with E-state index in [9.17, 15) is 5.26 Å². The fourth-order valence-corrected chi connectivity index (χ4v) is 7.64. The van der Waals surface area contributed by atoms with Gasteiger partial charge in [-0.25, -0.2) is 0 Å². The minimum absolute atomic E-state index is 0.663. The van der Waals surface area contributed by atoms with Gasteiger partial charge < -0.3 is 4.74 Å². The Hall–Kier alpha value is -6.17. The largest absolute Gasteiger partial charge is 0.456 e. The molecule has 1 aliphatic rings. The van der Waals surface area contributed by atoms with Gasteiger partial charge in [0, 0.05) is 16.3 Å². The number of hydrogen-bond acceptors (Lipinski definition) is 2. The van der Waals surface area contributed by atoms with Crippen molar-refractivity contribution in [2.75, 3.05) is 0 Å². The van der Waals surface area contributed by atoms with Crippen LogP contribution in [-0.2, 0) is 0 Å². The van der Waals surface area contributed by atoms with E-state index in [1.54, 1.807) is 0 Å². The number of ether oxygens (including phenoxy) is 1. The molecule has 2 nitrogen and oxygen atoms in total. The van der Waals surface area contributed by atoms with Crippen LogP contribution in [0.5, 0.6) is 11.5 Å². The maximum atomic E-state index is 9.68. The van der Waals surface area contributed by atoms with E-state index in [0.29, 0.717) is 5.56 Å². The highest BCUT2D eigenvalue weighted by Crippen LogP contribution is 2.49. The normalized spacial score (nSPS) is 12.2. The predicted octanol–water partition coefficient (Wildman–Crippen LogP) is 11.9. The molecule has 0 aromatic heterocycles. The lowest BCUT2D eigenvalue weighted by molar-refractivity contribution is 0.487. The van der Waals surface area contributed by atoms with Crippen molar-refractivity contribution in [2.45, 2.75) is 0 Å². The van der Waals surface area contributed by atoms with E-state index in [0.717, 1.165) is 39.0 Å². The van der Waals surface area contributed by atoms with Crippen molar-refractivity contribution in [3.63, 3.8) is 0 Å². The van der Waals surface area contributed by atoms with E-state index in [2.05, 4.69) is 121 Å². The Morgan fingerprint density at radius 3 is 1.89 bits per heavy atom. The van der Waals surface area contributed by atoms with Crippen LogP contribution >= 0.6 is 0 Å². The molecular weight excluding hydrogens is 546 g/mol. The Bertz CT molecular complexity index is 2740. The topological polar surface area (TPSA) is 33.0 Å². The third-order valence-electron chi connectivity index (χ3n) is 9.67. The van der Waals surface area contributed by atoms with Gasteiger partial charge >= 0.3 is 0 Å². The summed E-state index contributed by atoms with van der Waals surface area (Å²) in [6, 6.07) is 52.2. The number of rotatable bonds is 2. The molecule has 0 saturated carbocycles. The van der Waals surface area contributed by atoms with Crippen molar-refractivity contribution in [1.82, 2.24) is 0 Å². The number of hydrogen-bond donors (Lipinski definition) is 0. The molecule has 1 heterocycles. The van der Waals surface area contributed by atoms with Crippen LogP contribution in [0.25, 0.3) is 87.2 Å². The molecule has 1 aliphatic heterocycles. The monoisotopic (exact) mass is 569 g/mol. The van der Waals surface area contributed by atoms with Gasteiger partial charge in [0.05, 0.1) is 11.6 Å². The van der Waals surface area contributed by atoms with Crippen molar-refractivity contribution in [1.29, 1.82) is 5.26 Å². The van der Waals surface area contributed by atoms with Crippen LogP contribution in [0.15, 0.2) is 140 Å². The zero-order chi connectivity index (χ0) is 29.6. The Morgan fingerprint density at radius 1 is 0.400 bits per heavy atom. The lowest BCUT2D eigenvalue weighted by Crippen LogP contribution is -1.98. The first-order valence-electron chi connectivity index (χ1n) is 15.2. The van der Waals surface area contributed by atoms with E-state index in [1.807, 2.05) is 24.3 Å². The summed E-state index contributed by atoms with van der Waals surface area (Å²) in [5.41, 5.74) is 7.63. The van der Waals surface area contributed by atoms with E-state index >= 15 is 0 Å². The van der Waals surface area contributed by atoms with Crippen LogP contribution in [0.2, 0.25) is 0 Å². The van der Waals surface area contributed by atoms with E-state index < -0.39 is 0 Å². The standard InChI is InChI=1S/C43H23NO/c44-24-29-16-22-38-35-19-15-28(23-40(35)45-39-10-4-8-32(29)43(38)39)31-17-11-26-14-21-37-34(18-12-27-13-20-36(31)41(26)42(27)37)33-9-3-6-25-5-1-2-7-30(25)33/h1-23H. The Kier molecular flexibility index (Phi) is 4.82. The second-order valence-corrected chi connectivity index (χ2v) is 11.9. The lowest BCUT2D eigenvalue weighted by atomic mass is 9.86. The molecule has 206 valence electrons. The van der Waals surface area contributed by atoms with Crippen LogP contribution in [-0.4, -0.2) is 0 Å². The maximum Gasteiger partial charge on any atom is 0.135 e. The van der Waals surface area contributed by atoms with Crippen molar-refractivity contribution < 1.29 is 4.74 Å². The summed E-state index contributed by atoms with van der Waals surface area (Å²) in [6.07, 6.45) is 0. The summed E-state index contributed by atoms with van der Waals surface area (Å²) in [5.74, 6) is 1.63. The lowest BCUT2D eigenvalue weighted by Gasteiger charge is -2.23. The first kappa shape index (κ1) is 24.3. The highest BCUT2D eigenvalue weighted by molar-refractivity contribution is 6.28. The van der Waals surface area contributed by atoms with Crippen LogP contribution in [0.4, 0.5) is 0 Å². The van der Waals surface area contributed by atoms with Gasteiger partial charge in [-0.3, -0.25) is 0 Å². The van der Waals surface area contributed by atoms with Gasteiger partial charge in [0.15, 0.2) is 0 Å². The van der Waals surface area contributed by atoms with Crippen molar-refractivity contribution in [2.24, 2.45) is 0 Å². The molecule has 9 aromatic carbocycles. The second-order valence-electron chi connectivity index (χ2n) is 11.9. The quantitative estimate of drug-likeness (QED) is 0.194. The van der Waals surface area contributed by atoms with Gasteiger partial charge in [-0.2, -0.15) is 5.26 Å². The third-order valence-corrected chi connectivity index (χ3v) is 9.67. The van der Waals surface area contributed by atoms with Crippen LogP contribution in [0, 0.1) is 11.3 Å². The van der Waals surface area contributed by atoms with Gasteiger partial charge in [0.2, 0.25) is 0 Å². The van der Waals surface area contributed by atoms with Crippen LogP contribution < -0.4 is 4.74 Å². The summed E-state index contributed by atoms with van der Waals surface area (Å²) < 4.78 is 6.53. The summed E-state index contributed by atoms with van der Waals surface area (Å²) in [4.78, 5) is 0. The Labute approximate surface area is 259 Å². The minimum atomic E-state index is 0.663. The summed E-state index contributed by atoms with van der Waals surface area (Å²) in [6.45, 7) is 0. The number of fused-ring (bicyclic) bond motifs is 3. The average Bonchev–Trinajstić information content (AvgIpc) is 3.10. The van der Waals surface area contributed by atoms with Gasteiger partial charge in [0.1, 0.15) is 11.5 Å². The molecule has 45 heavy (non-hydrogen) atoms. The minimum Gasteiger partial charge on any atom is -0.456 e. The molecule has 0 aliphatic carbocycles. The van der Waals surface area contributed by atoms with Gasteiger partial charge in [-0.1, -0.05) is 115 Å². The van der Waals surface area contributed by atoms with Crippen LogP contribution in [0.3, 0.4) is 0 Å². The Morgan fingerprint density at radius 2 is 1.04 bits per heavy atom. The summed E-state index contributed by atoms with van der Waals surface area (Å²) in [7, 11) is 0. The van der Waals surface area contributed by atoms with E-state index in [1.165, 1.54) is 59.8 Å². The van der Waals surface area contributed by atoms with E-state index in [-0.39, 0.29) is 0 Å². The third kappa shape index (κ3) is 3.33. The first-order chi connectivity index (χ1) is 22.3. The number of nitriles is 1. The molecule has 0 amide bonds. The predicted molar refractivity (Wildman–Crippen MR) is 186 cm³/mol. The van der Waals surface area contributed by atoms with Crippen molar-refractivity contribution in [3.8, 4) is 50.9 Å². The molecule has 0 spiro atoms.